The molecule has 0 saturated heterocycles. The van der Waals surface area contributed by atoms with Crippen molar-refractivity contribution in [2.45, 2.75) is 12.8 Å². The first kappa shape index (κ1) is 17.5. The molecule has 1 N–H and O–H groups in total. The van der Waals surface area contributed by atoms with E-state index in [1.807, 2.05) is 41.8 Å². The van der Waals surface area contributed by atoms with Crippen LogP contribution in [0, 0.1) is 0 Å². The summed E-state index contributed by atoms with van der Waals surface area (Å²) >= 11 is 1.57. The first-order chi connectivity index (χ1) is 13.3. The predicted molar refractivity (Wildman–Crippen MR) is 103 cm³/mol. The number of benzene rings is 1. The zero-order valence-corrected chi connectivity index (χ0v) is 15.5. The summed E-state index contributed by atoms with van der Waals surface area (Å²) in [7, 11) is 0. The Morgan fingerprint density at radius 3 is 2.89 bits per heavy atom. The molecule has 138 valence electrons. The maximum absolute atomic E-state index is 12.2. The van der Waals surface area contributed by atoms with Crippen molar-refractivity contribution in [1.29, 1.82) is 0 Å². The van der Waals surface area contributed by atoms with Crippen LogP contribution in [0.15, 0.2) is 48.0 Å². The number of hydrogen-bond acceptors (Lipinski definition) is 6. The number of ether oxygens (including phenoxy) is 2. The Morgan fingerprint density at radius 2 is 2.04 bits per heavy atom. The van der Waals surface area contributed by atoms with E-state index in [0.29, 0.717) is 38.3 Å². The third-order valence-electron chi connectivity index (χ3n) is 4.11. The van der Waals surface area contributed by atoms with E-state index < -0.39 is 0 Å². The van der Waals surface area contributed by atoms with Crippen LogP contribution in [-0.4, -0.2) is 35.6 Å². The molecule has 1 amide bonds. The molecule has 0 unspecified atom stereocenters. The van der Waals surface area contributed by atoms with Gasteiger partial charge >= 0.3 is 0 Å². The van der Waals surface area contributed by atoms with Crippen LogP contribution >= 0.6 is 11.3 Å². The summed E-state index contributed by atoms with van der Waals surface area (Å²) in [5, 5.41) is 5.85. The zero-order valence-electron chi connectivity index (χ0n) is 14.7. The van der Waals surface area contributed by atoms with E-state index in [1.165, 1.54) is 0 Å². The maximum atomic E-state index is 12.2. The first-order valence-corrected chi connectivity index (χ1v) is 9.67. The van der Waals surface area contributed by atoms with E-state index in [2.05, 4.69) is 15.3 Å². The van der Waals surface area contributed by atoms with Crippen LogP contribution in [-0.2, 0) is 17.6 Å². The fourth-order valence-electron chi connectivity index (χ4n) is 2.80. The minimum Gasteiger partial charge on any atom is -0.486 e. The Bertz CT molecular complexity index is 927. The standard InChI is InChI=1S/C20H19N3O3S/c24-19(12-14-4-5-17-18(11-14)26-10-9-25-17)22-8-6-15-13-27-20(23-15)16-3-1-2-7-21-16/h1-5,7,11,13H,6,8-10,12H2,(H,22,24). The molecule has 3 heterocycles. The number of hydrogen-bond donors (Lipinski definition) is 1. The van der Waals surface area contributed by atoms with Gasteiger partial charge in [0.1, 0.15) is 18.2 Å². The van der Waals surface area contributed by atoms with Gasteiger partial charge < -0.3 is 14.8 Å². The Labute approximate surface area is 161 Å². The van der Waals surface area contributed by atoms with E-state index in [0.717, 1.165) is 27.7 Å². The molecule has 0 spiro atoms. The number of carbonyl (C=O) groups is 1. The second-order valence-corrected chi connectivity index (χ2v) is 6.97. The lowest BCUT2D eigenvalue weighted by molar-refractivity contribution is -0.120. The monoisotopic (exact) mass is 381 g/mol. The highest BCUT2D eigenvalue weighted by molar-refractivity contribution is 7.13. The van der Waals surface area contributed by atoms with Gasteiger partial charge in [0.25, 0.3) is 0 Å². The molecule has 2 aromatic heterocycles. The van der Waals surface area contributed by atoms with Gasteiger partial charge in [0.15, 0.2) is 11.5 Å². The minimum atomic E-state index is -0.0214. The molecule has 3 aromatic rings. The van der Waals surface area contributed by atoms with E-state index in [1.54, 1.807) is 17.5 Å². The molecule has 0 radical (unpaired) electrons. The molecule has 0 saturated carbocycles. The van der Waals surface area contributed by atoms with E-state index >= 15 is 0 Å². The maximum Gasteiger partial charge on any atom is 0.224 e. The fourth-order valence-corrected chi connectivity index (χ4v) is 3.63. The summed E-state index contributed by atoms with van der Waals surface area (Å²) in [6.45, 7) is 1.65. The van der Waals surface area contributed by atoms with Crippen molar-refractivity contribution < 1.29 is 14.3 Å². The molecule has 0 fully saturated rings. The number of carbonyl (C=O) groups excluding carboxylic acids is 1. The molecule has 0 bridgehead atoms. The number of amides is 1. The molecule has 1 aliphatic rings. The van der Waals surface area contributed by atoms with Gasteiger partial charge in [-0.2, -0.15) is 0 Å². The summed E-state index contributed by atoms with van der Waals surface area (Å²) < 4.78 is 11.0. The Kier molecular flexibility index (Phi) is 5.29. The van der Waals surface area contributed by atoms with Crippen molar-refractivity contribution in [2.24, 2.45) is 0 Å². The number of nitrogens with zero attached hydrogens (tertiary/aromatic N) is 2. The summed E-state index contributed by atoms with van der Waals surface area (Å²) in [4.78, 5) is 21.1. The van der Waals surface area contributed by atoms with E-state index in [-0.39, 0.29) is 5.91 Å². The topological polar surface area (TPSA) is 73.3 Å². The lowest BCUT2D eigenvalue weighted by atomic mass is 10.1. The van der Waals surface area contributed by atoms with Gasteiger partial charge in [-0.3, -0.25) is 9.78 Å². The average Bonchev–Trinajstić information content (AvgIpc) is 3.17. The second kappa shape index (κ2) is 8.18. The van der Waals surface area contributed by atoms with Gasteiger partial charge in [-0.25, -0.2) is 4.98 Å². The van der Waals surface area contributed by atoms with Crippen molar-refractivity contribution >= 4 is 17.2 Å². The quantitative estimate of drug-likeness (QED) is 0.711. The molecule has 7 heteroatoms. The number of aromatic nitrogens is 2. The van der Waals surface area contributed by atoms with Crippen LogP contribution in [0.5, 0.6) is 11.5 Å². The molecule has 1 aliphatic heterocycles. The molecule has 6 nitrogen and oxygen atoms in total. The van der Waals surface area contributed by atoms with Crippen LogP contribution in [0.25, 0.3) is 10.7 Å². The van der Waals surface area contributed by atoms with Gasteiger partial charge in [-0.15, -0.1) is 11.3 Å². The van der Waals surface area contributed by atoms with Crippen molar-refractivity contribution in [3.05, 3.63) is 59.2 Å². The number of nitrogens with one attached hydrogen (secondary N) is 1. The van der Waals surface area contributed by atoms with Crippen LogP contribution in [0.3, 0.4) is 0 Å². The van der Waals surface area contributed by atoms with Gasteiger partial charge in [-0.1, -0.05) is 12.1 Å². The molecule has 0 atom stereocenters. The van der Waals surface area contributed by atoms with E-state index in [9.17, 15) is 4.79 Å². The highest BCUT2D eigenvalue weighted by Gasteiger charge is 2.13. The first-order valence-electron chi connectivity index (χ1n) is 8.79. The van der Waals surface area contributed by atoms with Gasteiger partial charge in [0.05, 0.1) is 17.8 Å². The fraction of sp³-hybridized carbons (Fsp3) is 0.250. The van der Waals surface area contributed by atoms with Crippen molar-refractivity contribution in [3.63, 3.8) is 0 Å². The van der Waals surface area contributed by atoms with Crippen molar-refractivity contribution in [1.82, 2.24) is 15.3 Å². The normalized spacial score (nSPS) is 12.6. The zero-order chi connectivity index (χ0) is 18.5. The Morgan fingerprint density at radius 1 is 1.15 bits per heavy atom. The van der Waals surface area contributed by atoms with Crippen LogP contribution in [0.4, 0.5) is 0 Å². The number of pyridine rings is 1. The molecule has 0 aliphatic carbocycles. The predicted octanol–water partition coefficient (Wildman–Crippen LogP) is 2.88. The molecule has 4 rings (SSSR count). The van der Waals surface area contributed by atoms with Crippen molar-refractivity contribution in [3.8, 4) is 22.2 Å². The number of thiazole rings is 1. The van der Waals surface area contributed by atoms with Gasteiger partial charge in [0.2, 0.25) is 5.91 Å². The number of fused-ring (bicyclic) bond motifs is 1. The minimum absolute atomic E-state index is 0.0214. The number of rotatable bonds is 6. The summed E-state index contributed by atoms with van der Waals surface area (Å²) in [5.74, 6) is 1.42. The highest BCUT2D eigenvalue weighted by atomic mass is 32.1. The summed E-state index contributed by atoms with van der Waals surface area (Å²) in [6.07, 6.45) is 2.76. The van der Waals surface area contributed by atoms with Crippen molar-refractivity contribution in [2.75, 3.05) is 19.8 Å². The molecule has 1 aromatic carbocycles. The van der Waals surface area contributed by atoms with Gasteiger partial charge in [0, 0.05) is 24.5 Å². The SMILES string of the molecule is O=C(Cc1ccc2c(c1)OCCO2)NCCc1csc(-c2ccccn2)n1. The van der Waals surface area contributed by atoms with Crippen LogP contribution < -0.4 is 14.8 Å². The van der Waals surface area contributed by atoms with Crippen LogP contribution in [0.2, 0.25) is 0 Å². The average molecular weight is 381 g/mol. The third kappa shape index (κ3) is 4.43. The Hall–Kier alpha value is -2.93. The molecular weight excluding hydrogens is 362 g/mol. The lowest BCUT2D eigenvalue weighted by Crippen LogP contribution is -2.27. The lowest BCUT2D eigenvalue weighted by Gasteiger charge is -2.18. The highest BCUT2D eigenvalue weighted by Crippen LogP contribution is 2.30. The smallest absolute Gasteiger partial charge is 0.224 e. The Balaban J connectivity index is 1.27. The van der Waals surface area contributed by atoms with E-state index in [4.69, 9.17) is 9.47 Å². The summed E-state index contributed by atoms with van der Waals surface area (Å²) in [5.41, 5.74) is 2.74. The second-order valence-electron chi connectivity index (χ2n) is 6.11. The van der Waals surface area contributed by atoms with Crippen LogP contribution in [0.1, 0.15) is 11.3 Å². The van der Waals surface area contributed by atoms with Gasteiger partial charge in [-0.05, 0) is 29.8 Å². The third-order valence-corrected chi connectivity index (χ3v) is 5.02. The largest absolute Gasteiger partial charge is 0.486 e. The molecular formula is C20H19N3O3S. The summed E-state index contributed by atoms with van der Waals surface area (Å²) in [6, 6.07) is 11.4. The molecule has 27 heavy (non-hydrogen) atoms.